The van der Waals surface area contributed by atoms with Crippen LogP contribution in [0.5, 0.6) is 0 Å². The molecule has 0 heterocycles. The Balaban J connectivity index is 1.84. The van der Waals surface area contributed by atoms with Gasteiger partial charge in [-0.3, -0.25) is 0 Å². The van der Waals surface area contributed by atoms with Gasteiger partial charge >= 0.3 is 0 Å². The lowest BCUT2D eigenvalue weighted by Gasteiger charge is -2.32. The highest BCUT2D eigenvalue weighted by Crippen LogP contribution is 2.37. The molecule has 20 heavy (non-hydrogen) atoms. The largest absolute Gasteiger partial charge is 0.0654 e. The fourth-order valence-corrected chi connectivity index (χ4v) is 3.64. The molecule has 0 spiro atoms. The van der Waals surface area contributed by atoms with Gasteiger partial charge in [-0.15, -0.1) is 0 Å². The van der Waals surface area contributed by atoms with Crippen LogP contribution in [0.4, 0.5) is 0 Å². The van der Waals surface area contributed by atoms with Crippen molar-refractivity contribution in [2.75, 3.05) is 0 Å². The van der Waals surface area contributed by atoms with E-state index in [4.69, 9.17) is 0 Å². The standard InChI is InChI=1S/C20H30/c1-2-3-13-19-14-9-10-15-20(19)17-16-18-11-7-5-4-6-8-12-18/h4-8,11-12,19-20H,2-3,9-10,13-17H2,1H3/b5-4-,6-4?,7-5?,8-6-,11-7-,12-8?,18-11?,18-12+. The summed E-state index contributed by atoms with van der Waals surface area (Å²) < 4.78 is 0. The second-order valence-electron chi connectivity index (χ2n) is 6.36. The lowest BCUT2D eigenvalue weighted by Crippen LogP contribution is -2.19. The summed E-state index contributed by atoms with van der Waals surface area (Å²) in [6.45, 7) is 2.32. The second kappa shape index (κ2) is 9.00. The van der Waals surface area contributed by atoms with E-state index in [9.17, 15) is 0 Å². The average molecular weight is 270 g/mol. The lowest BCUT2D eigenvalue weighted by molar-refractivity contribution is 0.208. The molecule has 0 N–H and O–H groups in total. The maximum absolute atomic E-state index is 2.32. The number of hydrogen-bond donors (Lipinski definition) is 0. The molecular weight excluding hydrogens is 240 g/mol. The monoisotopic (exact) mass is 270 g/mol. The van der Waals surface area contributed by atoms with Crippen molar-refractivity contribution in [2.24, 2.45) is 11.8 Å². The van der Waals surface area contributed by atoms with Crippen LogP contribution < -0.4 is 0 Å². The van der Waals surface area contributed by atoms with E-state index in [2.05, 4.69) is 49.5 Å². The molecule has 0 bridgehead atoms. The quantitative estimate of drug-likeness (QED) is 0.526. The molecule has 0 aliphatic heterocycles. The molecule has 0 heteroatoms. The summed E-state index contributed by atoms with van der Waals surface area (Å²) >= 11 is 0. The SMILES string of the molecule is CCCCC1CCCCC1CCC1=C/C=C\C=C/C=C\1. The Labute approximate surface area is 125 Å². The third-order valence-electron chi connectivity index (χ3n) is 4.86. The Morgan fingerprint density at radius 2 is 1.60 bits per heavy atom. The van der Waals surface area contributed by atoms with Gasteiger partial charge < -0.3 is 0 Å². The van der Waals surface area contributed by atoms with E-state index in [0.29, 0.717) is 0 Å². The van der Waals surface area contributed by atoms with Gasteiger partial charge in [0.05, 0.1) is 0 Å². The fourth-order valence-electron chi connectivity index (χ4n) is 3.64. The Kier molecular flexibility index (Phi) is 6.91. The highest BCUT2D eigenvalue weighted by Gasteiger charge is 2.24. The van der Waals surface area contributed by atoms with Crippen LogP contribution in [0.15, 0.2) is 48.1 Å². The molecular formula is C20H30. The van der Waals surface area contributed by atoms with Gasteiger partial charge in [0.15, 0.2) is 0 Å². The van der Waals surface area contributed by atoms with Gasteiger partial charge in [0, 0.05) is 0 Å². The highest BCUT2D eigenvalue weighted by molar-refractivity contribution is 5.30. The van der Waals surface area contributed by atoms with Gasteiger partial charge in [0.1, 0.15) is 0 Å². The molecule has 2 aliphatic carbocycles. The van der Waals surface area contributed by atoms with Gasteiger partial charge in [-0.25, -0.2) is 0 Å². The molecule has 1 saturated carbocycles. The van der Waals surface area contributed by atoms with Crippen LogP contribution in [0.2, 0.25) is 0 Å². The minimum absolute atomic E-state index is 0.981. The molecule has 0 nitrogen and oxygen atoms in total. The van der Waals surface area contributed by atoms with Crippen molar-refractivity contribution in [3.8, 4) is 0 Å². The minimum Gasteiger partial charge on any atom is -0.0654 e. The van der Waals surface area contributed by atoms with Crippen molar-refractivity contribution in [3.05, 3.63) is 48.1 Å². The van der Waals surface area contributed by atoms with E-state index in [1.54, 1.807) is 0 Å². The molecule has 110 valence electrons. The van der Waals surface area contributed by atoms with Crippen molar-refractivity contribution < 1.29 is 0 Å². The van der Waals surface area contributed by atoms with Crippen molar-refractivity contribution >= 4 is 0 Å². The van der Waals surface area contributed by atoms with Gasteiger partial charge in [0.2, 0.25) is 0 Å². The van der Waals surface area contributed by atoms with Crippen LogP contribution in [-0.4, -0.2) is 0 Å². The van der Waals surface area contributed by atoms with E-state index >= 15 is 0 Å². The number of hydrogen-bond acceptors (Lipinski definition) is 0. The minimum atomic E-state index is 0.981. The first-order chi connectivity index (χ1) is 9.90. The van der Waals surface area contributed by atoms with Crippen molar-refractivity contribution in [1.29, 1.82) is 0 Å². The predicted molar refractivity (Wildman–Crippen MR) is 89.7 cm³/mol. The number of rotatable bonds is 6. The van der Waals surface area contributed by atoms with Crippen molar-refractivity contribution in [1.82, 2.24) is 0 Å². The first-order valence-corrected chi connectivity index (χ1v) is 8.60. The van der Waals surface area contributed by atoms with E-state index in [1.165, 1.54) is 63.4 Å². The third kappa shape index (κ3) is 5.15. The molecule has 2 rings (SSSR count). The average Bonchev–Trinajstić information content (AvgIpc) is 2.45. The molecule has 0 aromatic heterocycles. The van der Waals surface area contributed by atoms with Crippen LogP contribution in [0.25, 0.3) is 0 Å². The fraction of sp³-hybridized carbons (Fsp3) is 0.600. The Hall–Kier alpha value is -1.04. The van der Waals surface area contributed by atoms with E-state index < -0.39 is 0 Å². The first-order valence-electron chi connectivity index (χ1n) is 8.60. The molecule has 0 aromatic rings. The highest BCUT2D eigenvalue weighted by atomic mass is 14.3. The summed E-state index contributed by atoms with van der Waals surface area (Å²) in [5.74, 6) is 1.99. The summed E-state index contributed by atoms with van der Waals surface area (Å²) in [4.78, 5) is 0. The second-order valence-corrected chi connectivity index (χ2v) is 6.36. The van der Waals surface area contributed by atoms with Crippen molar-refractivity contribution in [3.63, 3.8) is 0 Å². The summed E-state index contributed by atoms with van der Waals surface area (Å²) in [5.41, 5.74) is 1.49. The topological polar surface area (TPSA) is 0 Å². The molecule has 0 amide bonds. The Bertz CT molecular complexity index is 381. The summed E-state index contributed by atoms with van der Waals surface area (Å²) in [6, 6.07) is 0. The molecule has 2 unspecified atom stereocenters. The van der Waals surface area contributed by atoms with Gasteiger partial charge in [-0.05, 0) is 30.3 Å². The third-order valence-corrected chi connectivity index (χ3v) is 4.86. The van der Waals surface area contributed by atoms with Crippen LogP contribution in [0, 0.1) is 11.8 Å². The predicted octanol–water partition coefficient (Wildman–Crippen LogP) is 6.37. The molecule has 2 atom stereocenters. The Morgan fingerprint density at radius 1 is 0.900 bits per heavy atom. The maximum Gasteiger partial charge on any atom is -0.0276 e. The zero-order chi connectivity index (χ0) is 14.0. The van der Waals surface area contributed by atoms with Crippen LogP contribution in [-0.2, 0) is 0 Å². The maximum atomic E-state index is 2.32. The number of unbranched alkanes of at least 4 members (excludes halogenated alkanes) is 1. The van der Waals surface area contributed by atoms with E-state index in [-0.39, 0.29) is 0 Å². The van der Waals surface area contributed by atoms with Crippen molar-refractivity contribution in [2.45, 2.75) is 64.7 Å². The smallest absolute Gasteiger partial charge is 0.0276 e. The molecule has 0 radical (unpaired) electrons. The van der Waals surface area contributed by atoms with Gasteiger partial charge in [-0.1, -0.05) is 94.4 Å². The van der Waals surface area contributed by atoms with E-state index in [0.717, 1.165) is 11.8 Å². The Morgan fingerprint density at radius 3 is 2.40 bits per heavy atom. The van der Waals surface area contributed by atoms with E-state index in [1.807, 2.05) is 0 Å². The normalized spacial score (nSPS) is 33.5. The molecule has 1 fully saturated rings. The zero-order valence-corrected chi connectivity index (χ0v) is 13.1. The zero-order valence-electron chi connectivity index (χ0n) is 13.1. The molecule has 0 aromatic carbocycles. The first kappa shape index (κ1) is 15.4. The van der Waals surface area contributed by atoms with Gasteiger partial charge in [0.25, 0.3) is 0 Å². The summed E-state index contributed by atoms with van der Waals surface area (Å²) in [6.07, 6.45) is 28.0. The summed E-state index contributed by atoms with van der Waals surface area (Å²) in [7, 11) is 0. The van der Waals surface area contributed by atoms with Crippen LogP contribution in [0.1, 0.15) is 64.7 Å². The molecule has 0 saturated heterocycles. The lowest BCUT2D eigenvalue weighted by atomic mass is 9.74. The van der Waals surface area contributed by atoms with Crippen LogP contribution in [0.3, 0.4) is 0 Å². The summed E-state index contributed by atoms with van der Waals surface area (Å²) in [5, 5.41) is 0. The number of allylic oxidation sites excluding steroid dienone is 8. The van der Waals surface area contributed by atoms with Crippen LogP contribution >= 0.6 is 0 Å². The molecule has 2 aliphatic rings. The van der Waals surface area contributed by atoms with Gasteiger partial charge in [-0.2, -0.15) is 0 Å².